The van der Waals surface area contributed by atoms with Gasteiger partial charge in [-0.1, -0.05) is 19.3 Å². The van der Waals surface area contributed by atoms with Crippen LogP contribution >= 0.6 is 0 Å². The van der Waals surface area contributed by atoms with Crippen molar-refractivity contribution < 1.29 is 4.74 Å². The molecule has 0 bridgehead atoms. The van der Waals surface area contributed by atoms with Crippen LogP contribution in [-0.4, -0.2) is 50.8 Å². The van der Waals surface area contributed by atoms with Crippen molar-refractivity contribution >= 4 is 0 Å². The highest BCUT2D eigenvalue weighted by Gasteiger charge is 2.29. The Morgan fingerprint density at radius 1 is 1.19 bits per heavy atom. The molecule has 0 aromatic carbocycles. The first-order valence-corrected chi connectivity index (χ1v) is 6.85. The molecule has 0 aromatic heterocycles. The van der Waals surface area contributed by atoms with Crippen molar-refractivity contribution in [3.8, 4) is 0 Å². The van der Waals surface area contributed by atoms with Gasteiger partial charge in [0.25, 0.3) is 0 Å². The fraction of sp³-hybridized carbons (Fsp3) is 1.00. The van der Waals surface area contributed by atoms with Crippen LogP contribution in [-0.2, 0) is 4.74 Å². The minimum Gasteiger partial charge on any atom is -0.383 e. The van der Waals surface area contributed by atoms with Gasteiger partial charge in [0.2, 0.25) is 0 Å². The maximum atomic E-state index is 5.45. The molecule has 3 nitrogen and oxygen atoms in total. The second kappa shape index (κ2) is 6.58. The van der Waals surface area contributed by atoms with Crippen molar-refractivity contribution in [3.63, 3.8) is 0 Å². The second-order valence-corrected chi connectivity index (χ2v) is 5.21. The molecule has 1 heterocycles. The molecule has 1 saturated carbocycles. The highest BCUT2D eigenvalue weighted by molar-refractivity contribution is 4.84. The number of nitrogens with zero attached hydrogens (tertiary/aromatic N) is 1. The Labute approximate surface area is 99.5 Å². The molecule has 1 unspecified atom stereocenters. The van der Waals surface area contributed by atoms with E-state index in [1.54, 1.807) is 0 Å². The van der Waals surface area contributed by atoms with Gasteiger partial charge in [0.1, 0.15) is 0 Å². The third-order valence-electron chi connectivity index (χ3n) is 4.15. The Balaban J connectivity index is 1.91. The Morgan fingerprint density at radius 3 is 2.50 bits per heavy atom. The standard InChI is InChI=1S/C13H26N2O/c1-16-11-13(12-5-3-2-4-6-12)15-9-7-14-8-10-15/h12-14H,2-11H2,1H3. The van der Waals surface area contributed by atoms with E-state index in [4.69, 9.17) is 4.74 Å². The maximum Gasteiger partial charge on any atom is 0.0620 e. The van der Waals surface area contributed by atoms with Crippen molar-refractivity contribution in [3.05, 3.63) is 0 Å². The van der Waals surface area contributed by atoms with Crippen LogP contribution < -0.4 is 5.32 Å². The average molecular weight is 226 g/mol. The minimum absolute atomic E-state index is 0.674. The summed E-state index contributed by atoms with van der Waals surface area (Å²) in [5.41, 5.74) is 0. The molecule has 0 aromatic rings. The lowest BCUT2D eigenvalue weighted by molar-refractivity contribution is 0.0365. The summed E-state index contributed by atoms with van der Waals surface area (Å²) in [7, 11) is 1.85. The molecular formula is C13H26N2O. The Kier molecular flexibility index (Phi) is 5.07. The summed E-state index contributed by atoms with van der Waals surface area (Å²) in [6.45, 7) is 5.61. The average Bonchev–Trinajstić information content (AvgIpc) is 2.38. The van der Waals surface area contributed by atoms with Gasteiger partial charge in [-0.05, 0) is 18.8 Å². The van der Waals surface area contributed by atoms with Crippen molar-refractivity contribution in [1.29, 1.82) is 0 Å². The number of nitrogens with one attached hydrogen (secondary N) is 1. The molecule has 16 heavy (non-hydrogen) atoms. The first-order valence-electron chi connectivity index (χ1n) is 6.85. The molecule has 3 heteroatoms. The summed E-state index contributed by atoms with van der Waals surface area (Å²) in [5.74, 6) is 0.881. The van der Waals surface area contributed by atoms with Gasteiger partial charge in [-0.25, -0.2) is 0 Å². The number of hydrogen-bond acceptors (Lipinski definition) is 3. The van der Waals surface area contributed by atoms with Gasteiger partial charge in [0, 0.05) is 39.3 Å². The monoisotopic (exact) mass is 226 g/mol. The zero-order valence-electron chi connectivity index (χ0n) is 10.6. The third-order valence-corrected chi connectivity index (χ3v) is 4.15. The first kappa shape index (κ1) is 12.3. The molecule has 1 saturated heterocycles. The summed E-state index contributed by atoms with van der Waals surface area (Å²) in [6.07, 6.45) is 7.13. The lowest BCUT2D eigenvalue weighted by atomic mass is 9.83. The summed E-state index contributed by atoms with van der Waals surface area (Å²) in [5, 5.41) is 3.43. The van der Waals surface area contributed by atoms with Crippen LogP contribution in [0, 0.1) is 5.92 Å². The summed E-state index contributed by atoms with van der Waals surface area (Å²) in [6, 6.07) is 0.674. The Morgan fingerprint density at radius 2 is 1.88 bits per heavy atom. The smallest absolute Gasteiger partial charge is 0.0620 e. The zero-order valence-corrected chi connectivity index (χ0v) is 10.6. The van der Waals surface area contributed by atoms with E-state index in [-0.39, 0.29) is 0 Å². The molecule has 2 aliphatic rings. The lowest BCUT2D eigenvalue weighted by Crippen LogP contribution is -2.52. The molecule has 94 valence electrons. The molecule has 2 rings (SSSR count). The van der Waals surface area contributed by atoms with Crippen LogP contribution in [0.3, 0.4) is 0 Å². The van der Waals surface area contributed by atoms with E-state index in [2.05, 4.69) is 10.2 Å². The molecule has 1 aliphatic heterocycles. The van der Waals surface area contributed by atoms with E-state index in [0.29, 0.717) is 6.04 Å². The number of hydrogen-bond donors (Lipinski definition) is 1. The van der Waals surface area contributed by atoms with E-state index in [1.165, 1.54) is 45.2 Å². The predicted molar refractivity (Wildman–Crippen MR) is 66.7 cm³/mol. The first-order chi connectivity index (χ1) is 7.92. The molecule has 1 aliphatic carbocycles. The minimum atomic E-state index is 0.674. The SMILES string of the molecule is COCC(C1CCCCC1)N1CCNCC1. The molecular weight excluding hydrogens is 200 g/mol. The Bertz CT molecular complexity index is 168. The molecule has 1 atom stereocenters. The van der Waals surface area contributed by atoms with Crippen LogP contribution in [0.1, 0.15) is 32.1 Å². The van der Waals surface area contributed by atoms with Gasteiger partial charge in [-0.15, -0.1) is 0 Å². The normalized spacial score (nSPS) is 26.8. The zero-order chi connectivity index (χ0) is 11.2. The lowest BCUT2D eigenvalue weighted by Gasteiger charge is -2.40. The number of ether oxygens (including phenoxy) is 1. The number of piperazine rings is 1. The van der Waals surface area contributed by atoms with Crippen LogP contribution in [0.15, 0.2) is 0 Å². The van der Waals surface area contributed by atoms with Gasteiger partial charge in [0.15, 0.2) is 0 Å². The van der Waals surface area contributed by atoms with Gasteiger partial charge >= 0.3 is 0 Å². The van der Waals surface area contributed by atoms with E-state index < -0.39 is 0 Å². The number of methoxy groups -OCH3 is 1. The second-order valence-electron chi connectivity index (χ2n) is 5.21. The molecule has 0 radical (unpaired) electrons. The molecule has 1 N–H and O–H groups in total. The fourth-order valence-electron chi connectivity index (χ4n) is 3.24. The predicted octanol–water partition coefficient (Wildman–Crippen LogP) is 1.49. The van der Waals surface area contributed by atoms with Crippen LogP contribution in [0.4, 0.5) is 0 Å². The van der Waals surface area contributed by atoms with Crippen LogP contribution in [0.5, 0.6) is 0 Å². The molecule has 0 amide bonds. The molecule has 0 spiro atoms. The van der Waals surface area contributed by atoms with E-state index in [1.807, 2.05) is 7.11 Å². The van der Waals surface area contributed by atoms with Gasteiger partial charge in [-0.3, -0.25) is 4.90 Å². The van der Waals surface area contributed by atoms with Crippen LogP contribution in [0.2, 0.25) is 0 Å². The van der Waals surface area contributed by atoms with Crippen molar-refractivity contribution in [1.82, 2.24) is 10.2 Å². The van der Waals surface area contributed by atoms with Gasteiger partial charge in [-0.2, -0.15) is 0 Å². The van der Waals surface area contributed by atoms with E-state index in [0.717, 1.165) is 25.6 Å². The molecule has 2 fully saturated rings. The van der Waals surface area contributed by atoms with E-state index in [9.17, 15) is 0 Å². The highest BCUT2D eigenvalue weighted by atomic mass is 16.5. The van der Waals surface area contributed by atoms with E-state index >= 15 is 0 Å². The summed E-state index contributed by atoms with van der Waals surface area (Å²) >= 11 is 0. The fourth-order valence-corrected chi connectivity index (χ4v) is 3.24. The van der Waals surface area contributed by atoms with Crippen molar-refractivity contribution in [2.45, 2.75) is 38.1 Å². The van der Waals surface area contributed by atoms with Crippen molar-refractivity contribution in [2.75, 3.05) is 39.9 Å². The third kappa shape index (κ3) is 3.19. The highest BCUT2D eigenvalue weighted by Crippen LogP contribution is 2.29. The number of rotatable bonds is 4. The summed E-state index contributed by atoms with van der Waals surface area (Å²) < 4.78 is 5.45. The topological polar surface area (TPSA) is 24.5 Å². The quantitative estimate of drug-likeness (QED) is 0.786. The Hall–Kier alpha value is -0.120. The maximum absolute atomic E-state index is 5.45. The van der Waals surface area contributed by atoms with Gasteiger partial charge in [0.05, 0.1) is 6.61 Å². The van der Waals surface area contributed by atoms with Crippen LogP contribution in [0.25, 0.3) is 0 Å². The van der Waals surface area contributed by atoms with Gasteiger partial charge < -0.3 is 10.1 Å². The van der Waals surface area contributed by atoms with Crippen molar-refractivity contribution in [2.24, 2.45) is 5.92 Å². The summed E-state index contributed by atoms with van der Waals surface area (Å²) in [4.78, 5) is 2.65. The largest absolute Gasteiger partial charge is 0.383 e.